The number of likely N-dealkylation sites (N-methyl/N-ethyl adjacent to an activating group) is 2. The summed E-state index contributed by atoms with van der Waals surface area (Å²) in [6, 6.07) is 11.7. The molecule has 6 nitrogen and oxygen atoms in total. The Morgan fingerprint density at radius 3 is 2.80 bits per heavy atom. The maximum Gasteiger partial charge on any atom is 0.246 e. The average molecular weight is 477 g/mol. The minimum absolute atomic E-state index is 0.00109. The third-order valence-electron chi connectivity index (χ3n) is 8.92. The molecule has 2 fully saturated rings. The monoisotopic (exact) mass is 476 g/mol. The van der Waals surface area contributed by atoms with Crippen molar-refractivity contribution in [2.75, 3.05) is 27.7 Å². The Hall–Kier alpha value is -2.83. The molecule has 6 heteroatoms. The van der Waals surface area contributed by atoms with Crippen molar-refractivity contribution in [3.05, 3.63) is 64.7 Å². The zero-order chi connectivity index (χ0) is 25.0. The molecule has 1 heterocycles. The fourth-order valence-corrected chi connectivity index (χ4v) is 7.06. The number of phenols is 1. The number of aromatic hydroxyl groups is 1. The van der Waals surface area contributed by atoms with Gasteiger partial charge in [0.25, 0.3) is 0 Å². The molecular formula is C29H36N2O4. The summed E-state index contributed by atoms with van der Waals surface area (Å²) in [5.74, 6) is 0.535. The minimum Gasteiger partial charge on any atom is -0.504 e. The molecule has 1 amide bonds. The number of hydrogen-bond donors (Lipinski definition) is 2. The lowest BCUT2D eigenvalue weighted by Gasteiger charge is -2.64. The van der Waals surface area contributed by atoms with Crippen LogP contribution in [0.15, 0.2) is 42.5 Å². The second kappa shape index (κ2) is 8.68. The van der Waals surface area contributed by atoms with Gasteiger partial charge >= 0.3 is 0 Å². The Morgan fingerprint density at radius 1 is 1.26 bits per heavy atom. The summed E-state index contributed by atoms with van der Waals surface area (Å²) >= 11 is 0. The Bertz CT molecular complexity index is 1180. The maximum atomic E-state index is 13.2. The van der Waals surface area contributed by atoms with Gasteiger partial charge in [-0.3, -0.25) is 4.79 Å². The van der Waals surface area contributed by atoms with Crippen molar-refractivity contribution in [2.45, 2.75) is 62.1 Å². The molecule has 2 bridgehead atoms. The van der Waals surface area contributed by atoms with Crippen LogP contribution in [0.5, 0.6) is 11.5 Å². The fourth-order valence-electron chi connectivity index (χ4n) is 7.06. The Labute approximate surface area is 207 Å². The first-order valence-corrected chi connectivity index (χ1v) is 12.5. The molecule has 2 aromatic carbocycles. The summed E-state index contributed by atoms with van der Waals surface area (Å²) in [5, 5.41) is 23.0. The van der Waals surface area contributed by atoms with E-state index in [0.29, 0.717) is 18.6 Å². The first kappa shape index (κ1) is 23.9. The molecule has 5 rings (SSSR count). The van der Waals surface area contributed by atoms with Gasteiger partial charge in [-0.25, -0.2) is 0 Å². The van der Waals surface area contributed by atoms with E-state index in [2.05, 4.69) is 18.0 Å². The van der Waals surface area contributed by atoms with Crippen LogP contribution < -0.4 is 4.74 Å². The number of rotatable bonds is 4. The van der Waals surface area contributed by atoms with Crippen LogP contribution in [0.25, 0.3) is 6.08 Å². The third kappa shape index (κ3) is 3.66. The van der Waals surface area contributed by atoms with E-state index in [-0.39, 0.29) is 23.7 Å². The second-order valence-electron chi connectivity index (χ2n) is 10.7. The first-order chi connectivity index (χ1) is 16.7. The van der Waals surface area contributed by atoms with Gasteiger partial charge in [0.15, 0.2) is 11.5 Å². The first-order valence-electron chi connectivity index (χ1n) is 12.5. The lowest BCUT2D eigenvalue weighted by molar-refractivity contribution is -0.173. The Morgan fingerprint density at radius 2 is 2.06 bits per heavy atom. The molecule has 186 valence electrons. The van der Waals surface area contributed by atoms with E-state index < -0.39 is 11.0 Å². The van der Waals surface area contributed by atoms with Crippen molar-refractivity contribution in [2.24, 2.45) is 0 Å². The van der Waals surface area contributed by atoms with Gasteiger partial charge in [-0.05, 0) is 75.9 Å². The molecule has 35 heavy (non-hydrogen) atoms. The molecule has 0 radical (unpaired) electrons. The van der Waals surface area contributed by atoms with Crippen molar-refractivity contribution in [1.29, 1.82) is 0 Å². The van der Waals surface area contributed by atoms with Crippen LogP contribution in [0.3, 0.4) is 0 Å². The molecule has 4 atom stereocenters. The standard InChI is InChI=1S/C29H36N2O4/c1-19-6-5-7-20(16-19)8-11-25(33)31(3)22-12-13-29(34)24-17-21-9-10-23(32)27(35-4)26(21)28(29,18-22)14-15-30(24)2/h5-11,16,22,24,32,34H,12-15,17-18H2,1-4H3/t22-,24-,28-,29-/m1/s1. The summed E-state index contributed by atoms with van der Waals surface area (Å²) in [6.07, 6.45) is 6.96. The van der Waals surface area contributed by atoms with Crippen molar-refractivity contribution in [1.82, 2.24) is 9.80 Å². The van der Waals surface area contributed by atoms with Crippen molar-refractivity contribution < 1.29 is 19.7 Å². The summed E-state index contributed by atoms with van der Waals surface area (Å²) in [5.41, 5.74) is 2.69. The van der Waals surface area contributed by atoms with Crippen LogP contribution in [0.4, 0.5) is 0 Å². The van der Waals surface area contributed by atoms with E-state index >= 15 is 0 Å². The normalized spacial score (nSPS) is 30.0. The molecule has 0 spiro atoms. The van der Waals surface area contributed by atoms with Crippen molar-refractivity contribution >= 4 is 12.0 Å². The van der Waals surface area contributed by atoms with Crippen molar-refractivity contribution in [3.8, 4) is 11.5 Å². The number of nitrogens with zero attached hydrogens (tertiary/aromatic N) is 2. The van der Waals surface area contributed by atoms with Gasteiger partial charge in [-0.2, -0.15) is 0 Å². The van der Waals surface area contributed by atoms with Gasteiger partial charge in [-0.15, -0.1) is 0 Å². The molecule has 0 aromatic heterocycles. The highest BCUT2D eigenvalue weighted by atomic mass is 16.5. The Balaban J connectivity index is 1.50. The molecular weight excluding hydrogens is 440 g/mol. The lowest BCUT2D eigenvalue weighted by atomic mass is 9.48. The van der Waals surface area contributed by atoms with E-state index in [9.17, 15) is 15.0 Å². The van der Waals surface area contributed by atoms with Crippen LogP contribution in [0, 0.1) is 6.92 Å². The topological polar surface area (TPSA) is 73.2 Å². The number of aryl methyl sites for hydroxylation is 1. The number of aliphatic hydroxyl groups is 1. The van der Waals surface area contributed by atoms with Crippen molar-refractivity contribution in [3.63, 3.8) is 0 Å². The lowest BCUT2D eigenvalue weighted by Crippen LogP contribution is -2.73. The molecule has 1 saturated carbocycles. The van der Waals surface area contributed by atoms with Crippen LogP contribution in [0.2, 0.25) is 0 Å². The fraction of sp³-hybridized carbons (Fsp3) is 0.483. The molecule has 2 N–H and O–H groups in total. The summed E-state index contributed by atoms with van der Waals surface area (Å²) in [7, 11) is 5.54. The van der Waals surface area contributed by atoms with E-state index in [4.69, 9.17) is 4.74 Å². The van der Waals surface area contributed by atoms with E-state index in [1.165, 1.54) is 0 Å². The van der Waals surface area contributed by atoms with Gasteiger partial charge in [0.2, 0.25) is 5.91 Å². The van der Waals surface area contributed by atoms with Gasteiger partial charge in [0, 0.05) is 36.2 Å². The number of amides is 1. The van der Waals surface area contributed by atoms with Crippen LogP contribution in [-0.4, -0.2) is 71.4 Å². The van der Waals surface area contributed by atoms with Crippen LogP contribution >= 0.6 is 0 Å². The predicted octanol–water partition coefficient (Wildman–Crippen LogP) is 3.66. The number of carbonyl (C=O) groups is 1. The number of methoxy groups -OCH3 is 1. The largest absolute Gasteiger partial charge is 0.504 e. The highest BCUT2D eigenvalue weighted by Gasteiger charge is 2.65. The number of hydrogen-bond acceptors (Lipinski definition) is 5. The smallest absolute Gasteiger partial charge is 0.246 e. The predicted molar refractivity (Wildman–Crippen MR) is 137 cm³/mol. The minimum atomic E-state index is -0.939. The maximum absolute atomic E-state index is 13.2. The number of benzene rings is 2. The molecule has 1 saturated heterocycles. The molecule has 2 aliphatic carbocycles. The average Bonchev–Trinajstić information content (AvgIpc) is 2.84. The number of ether oxygens (including phenoxy) is 1. The van der Waals surface area contributed by atoms with Gasteiger partial charge in [-0.1, -0.05) is 35.9 Å². The second-order valence-corrected chi connectivity index (χ2v) is 10.7. The number of likely N-dealkylation sites (tertiary alicyclic amines) is 1. The third-order valence-corrected chi connectivity index (χ3v) is 8.92. The molecule has 0 unspecified atom stereocenters. The number of carbonyl (C=O) groups excluding carboxylic acids is 1. The number of piperidine rings is 1. The van der Waals surface area contributed by atoms with Gasteiger partial charge < -0.3 is 24.7 Å². The molecule has 2 aromatic rings. The van der Waals surface area contributed by atoms with Gasteiger partial charge in [0.05, 0.1) is 12.7 Å². The summed E-state index contributed by atoms with van der Waals surface area (Å²) < 4.78 is 5.72. The number of fused-ring (bicyclic) bond motifs is 1. The van der Waals surface area contributed by atoms with E-state index in [1.807, 2.05) is 49.2 Å². The zero-order valence-corrected chi connectivity index (χ0v) is 21.1. The molecule has 3 aliphatic rings. The van der Waals surface area contributed by atoms with E-state index in [0.717, 1.165) is 48.1 Å². The quantitative estimate of drug-likeness (QED) is 0.659. The van der Waals surface area contributed by atoms with Crippen LogP contribution in [0.1, 0.15) is 47.9 Å². The Kier molecular flexibility index (Phi) is 5.93. The highest BCUT2D eigenvalue weighted by Crippen LogP contribution is 2.61. The van der Waals surface area contributed by atoms with Crippen LogP contribution in [-0.2, 0) is 16.6 Å². The summed E-state index contributed by atoms with van der Waals surface area (Å²) in [6.45, 7) is 2.89. The number of phenolic OH excluding ortho intramolecular Hbond substituents is 1. The summed E-state index contributed by atoms with van der Waals surface area (Å²) in [4.78, 5) is 17.3. The van der Waals surface area contributed by atoms with Gasteiger partial charge in [0.1, 0.15) is 0 Å². The van der Waals surface area contributed by atoms with E-state index in [1.54, 1.807) is 19.3 Å². The highest BCUT2D eigenvalue weighted by molar-refractivity contribution is 5.91. The molecule has 1 aliphatic heterocycles. The SMILES string of the molecule is COc1c(O)ccc2c1[C@]13CCN(C)[C@H](C2)[C@]1(O)CC[C@@H](N(C)C(=O)C=Cc1cccc(C)c1)C3. The zero-order valence-electron chi connectivity index (χ0n) is 21.1.